The van der Waals surface area contributed by atoms with Gasteiger partial charge in [-0.05, 0) is 25.5 Å². The first-order valence-electron chi connectivity index (χ1n) is 4.70. The SMILES string of the molecule is CCS(=O)(=O)Nc1c(C)cccc1C(=O)O. The molecule has 0 spiro atoms. The average molecular weight is 243 g/mol. The molecule has 0 aliphatic heterocycles. The number of anilines is 1. The van der Waals surface area contributed by atoms with Gasteiger partial charge in [-0.15, -0.1) is 0 Å². The number of nitrogens with one attached hydrogen (secondary N) is 1. The van der Waals surface area contributed by atoms with Crippen molar-refractivity contribution >= 4 is 21.7 Å². The predicted molar refractivity (Wildman–Crippen MR) is 61.2 cm³/mol. The molecule has 0 fully saturated rings. The van der Waals surface area contributed by atoms with E-state index in [0.29, 0.717) is 5.56 Å². The first-order valence-corrected chi connectivity index (χ1v) is 6.36. The van der Waals surface area contributed by atoms with Gasteiger partial charge in [-0.3, -0.25) is 4.72 Å². The number of rotatable bonds is 4. The third-order valence-corrected chi connectivity index (χ3v) is 3.42. The average Bonchev–Trinajstić information content (AvgIpc) is 2.20. The topological polar surface area (TPSA) is 83.5 Å². The Hall–Kier alpha value is -1.56. The van der Waals surface area contributed by atoms with Crippen molar-refractivity contribution in [1.82, 2.24) is 0 Å². The van der Waals surface area contributed by atoms with E-state index < -0.39 is 16.0 Å². The summed E-state index contributed by atoms with van der Waals surface area (Å²) in [7, 11) is -3.46. The fourth-order valence-electron chi connectivity index (χ4n) is 1.21. The number of sulfonamides is 1. The highest BCUT2D eigenvalue weighted by molar-refractivity contribution is 7.92. The van der Waals surface area contributed by atoms with Gasteiger partial charge in [0, 0.05) is 0 Å². The van der Waals surface area contributed by atoms with Crippen molar-refractivity contribution in [3.05, 3.63) is 29.3 Å². The van der Waals surface area contributed by atoms with E-state index in [4.69, 9.17) is 5.11 Å². The minimum Gasteiger partial charge on any atom is -0.478 e. The number of carboxylic acids is 1. The summed E-state index contributed by atoms with van der Waals surface area (Å²) in [6.45, 7) is 3.14. The van der Waals surface area contributed by atoms with Crippen molar-refractivity contribution in [2.24, 2.45) is 0 Å². The third kappa shape index (κ3) is 2.73. The van der Waals surface area contributed by atoms with Gasteiger partial charge in [-0.2, -0.15) is 0 Å². The zero-order valence-electron chi connectivity index (χ0n) is 9.02. The van der Waals surface area contributed by atoms with E-state index in [2.05, 4.69) is 4.72 Å². The van der Waals surface area contributed by atoms with Crippen LogP contribution in [0.3, 0.4) is 0 Å². The lowest BCUT2D eigenvalue weighted by atomic mass is 10.1. The molecule has 16 heavy (non-hydrogen) atoms. The van der Waals surface area contributed by atoms with Crippen LogP contribution in [0.2, 0.25) is 0 Å². The molecular weight excluding hydrogens is 230 g/mol. The van der Waals surface area contributed by atoms with Crippen molar-refractivity contribution in [2.75, 3.05) is 10.5 Å². The molecule has 0 saturated carbocycles. The number of benzene rings is 1. The van der Waals surface area contributed by atoms with E-state index >= 15 is 0 Å². The van der Waals surface area contributed by atoms with Crippen LogP contribution in [0.4, 0.5) is 5.69 Å². The minimum absolute atomic E-state index is 0.0444. The number of aromatic carboxylic acids is 1. The van der Waals surface area contributed by atoms with Gasteiger partial charge in [0.05, 0.1) is 17.0 Å². The van der Waals surface area contributed by atoms with Crippen molar-refractivity contribution in [3.8, 4) is 0 Å². The van der Waals surface area contributed by atoms with Crippen molar-refractivity contribution in [1.29, 1.82) is 0 Å². The summed E-state index contributed by atoms with van der Waals surface area (Å²) in [4.78, 5) is 10.9. The van der Waals surface area contributed by atoms with E-state index in [0.717, 1.165) is 0 Å². The molecule has 0 heterocycles. The van der Waals surface area contributed by atoms with E-state index in [9.17, 15) is 13.2 Å². The van der Waals surface area contributed by atoms with E-state index in [1.807, 2.05) is 0 Å². The third-order valence-electron chi connectivity index (χ3n) is 2.14. The van der Waals surface area contributed by atoms with Crippen LogP contribution in [0.15, 0.2) is 18.2 Å². The summed E-state index contributed by atoms with van der Waals surface area (Å²) in [6.07, 6.45) is 0. The Balaban J connectivity index is 3.27. The van der Waals surface area contributed by atoms with Crippen molar-refractivity contribution < 1.29 is 18.3 Å². The van der Waals surface area contributed by atoms with Crippen LogP contribution >= 0.6 is 0 Å². The van der Waals surface area contributed by atoms with E-state index in [1.165, 1.54) is 13.0 Å². The minimum atomic E-state index is -3.46. The molecule has 5 nitrogen and oxygen atoms in total. The highest BCUT2D eigenvalue weighted by Crippen LogP contribution is 2.21. The normalized spacial score (nSPS) is 11.1. The molecular formula is C10H13NO4S. The second kappa shape index (κ2) is 4.52. The first kappa shape index (κ1) is 12.5. The quantitative estimate of drug-likeness (QED) is 0.838. The number of hydrogen-bond donors (Lipinski definition) is 2. The van der Waals surface area contributed by atoms with Crippen LogP contribution in [0.25, 0.3) is 0 Å². The van der Waals surface area contributed by atoms with Crippen molar-refractivity contribution in [3.63, 3.8) is 0 Å². The Bertz CT molecular complexity index is 508. The number of para-hydroxylation sites is 1. The van der Waals surface area contributed by atoms with Crippen LogP contribution < -0.4 is 4.72 Å². The molecule has 88 valence electrons. The highest BCUT2D eigenvalue weighted by atomic mass is 32.2. The lowest BCUT2D eigenvalue weighted by Gasteiger charge is -2.11. The summed E-state index contributed by atoms with van der Waals surface area (Å²) in [5, 5.41) is 8.92. The second-order valence-corrected chi connectivity index (χ2v) is 5.32. The molecule has 0 radical (unpaired) electrons. The van der Waals surface area contributed by atoms with Crippen LogP contribution in [-0.4, -0.2) is 25.2 Å². The maximum atomic E-state index is 11.4. The largest absolute Gasteiger partial charge is 0.478 e. The summed E-state index contributed by atoms with van der Waals surface area (Å²) in [5.41, 5.74) is 0.672. The van der Waals surface area contributed by atoms with Gasteiger partial charge >= 0.3 is 5.97 Å². The summed E-state index contributed by atoms with van der Waals surface area (Å²) in [5.74, 6) is -1.25. The summed E-state index contributed by atoms with van der Waals surface area (Å²) in [6, 6.07) is 4.59. The van der Waals surface area contributed by atoms with Gasteiger partial charge in [0.2, 0.25) is 10.0 Å². The molecule has 0 unspecified atom stereocenters. The fraction of sp³-hybridized carbons (Fsp3) is 0.300. The Labute approximate surface area is 94.2 Å². The molecule has 2 N–H and O–H groups in total. The maximum absolute atomic E-state index is 11.4. The van der Waals surface area contributed by atoms with Gasteiger partial charge in [0.1, 0.15) is 0 Å². The molecule has 0 aromatic heterocycles. The summed E-state index contributed by atoms with van der Waals surface area (Å²) >= 11 is 0. The van der Waals surface area contributed by atoms with E-state index in [-0.39, 0.29) is 17.0 Å². The Morgan fingerprint density at radius 2 is 2.06 bits per heavy atom. The summed E-state index contributed by atoms with van der Waals surface area (Å²) < 4.78 is 25.1. The maximum Gasteiger partial charge on any atom is 0.337 e. The number of aryl methyl sites for hydroxylation is 1. The Morgan fingerprint density at radius 1 is 1.44 bits per heavy atom. The standard InChI is InChI=1S/C10H13NO4S/c1-3-16(14,15)11-9-7(2)5-4-6-8(9)10(12)13/h4-6,11H,3H2,1-2H3,(H,12,13). The predicted octanol–water partition coefficient (Wildman–Crippen LogP) is 1.45. The van der Waals surface area contributed by atoms with Crippen LogP contribution in [0.1, 0.15) is 22.8 Å². The van der Waals surface area contributed by atoms with Gasteiger partial charge in [0.25, 0.3) is 0 Å². The van der Waals surface area contributed by atoms with Crippen LogP contribution in [0, 0.1) is 6.92 Å². The van der Waals surface area contributed by atoms with Crippen molar-refractivity contribution in [2.45, 2.75) is 13.8 Å². The Kier molecular flexibility index (Phi) is 3.54. The molecule has 0 aliphatic carbocycles. The Morgan fingerprint density at radius 3 is 2.56 bits per heavy atom. The number of carboxylic acid groups (broad SMARTS) is 1. The molecule has 0 atom stereocenters. The lowest BCUT2D eigenvalue weighted by molar-refractivity contribution is 0.0698. The first-order chi connectivity index (χ1) is 7.37. The van der Waals surface area contributed by atoms with Gasteiger partial charge in [-0.25, -0.2) is 13.2 Å². The van der Waals surface area contributed by atoms with Crippen LogP contribution in [0.5, 0.6) is 0 Å². The second-order valence-electron chi connectivity index (χ2n) is 3.31. The highest BCUT2D eigenvalue weighted by Gasteiger charge is 2.16. The molecule has 6 heteroatoms. The smallest absolute Gasteiger partial charge is 0.337 e. The van der Waals surface area contributed by atoms with E-state index in [1.54, 1.807) is 19.1 Å². The number of hydrogen-bond acceptors (Lipinski definition) is 3. The van der Waals surface area contributed by atoms with Gasteiger partial charge in [-0.1, -0.05) is 12.1 Å². The van der Waals surface area contributed by atoms with Gasteiger partial charge < -0.3 is 5.11 Å². The molecule has 0 bridgehead atoms. The molecule has 0 saturated heterocycles. The molecule has 1 aromatic carbocycles. The zero-order chi connectivity index (χ0) is 12.3. The molecule has 0 aliphatic rings. The fourth-order valence-corrected chi connectivity index (χ4v) is 1.94. The van der Waals surface area contributed by atoms with Gasteiger partial charge in [0.15, 0.2) is 0 Å². The van der Waals surface area contributed by atoms with Crippen LogP contribution in [-0.2, 0) is 10.0 Å². The molecule has 1 aromatic rings. The zero-order valence-corrected chi connectivity index (χ0v) is 9.84. The molecule has 1 rings (SSSR count). The number of carbonyl (C=O) groups is 1. The lowest BCUT2D eigenvalue weighted by Crippen LogP contribution is -2.17. The monoisotopic (exact) mass is 243 g/mol. The molecule has 0 amide bonds.